The van der Waals surface area contributed by atoms with Crippen LogP contribution in [0.2, 0.25) is 0 Å². The SMILES string of the molecule is COc1cc2ncnc(Nc3ccc(NC(=O)c4ccccc4)c(C)c3)c2cc1OC. The van der Waals surface area contributed by atoms with Crippen molar-refractivity contribution in [1.29, 1.82) is 0 Å². The number of nitrogens with zero attached hydrogens (tertiary/aromatic N) is 2. The standard InChI is InChI=1S/C24H22N4O3/c1-15-11-17(9-10-19(15)28-24(29)16-7-5-4-6-8-16)27-23-18-12-21(30-2)22(31-3)13-20(18)25-14-26-23/h4-14H,1-3H3,(H,28,29)(H,25,26,27). The summed E-state index contributed by atoms with van der Waals surface area (Å²) in [6.45, 7) is 1.94. The van der Waals surface area contributed by atoms with E-state index in [9.17, 15) is 4.79 Å². The first kappa shape index (κ1) is 20.2. The van der Waals surface area contributed by atoms with Crippen LogP contribution in [0.25, 0.3) is 10.9 Å². The van der Waals surface area contributed by atoms with E-state index in [1.165, 1.54) is 6.33 Å². The lowest BCUT2D eigenvalue weighted by Crippen LogP contribution is -2.12. The number of aryl methyl sites for hydroxylation is 1. The van der Waals surface area contributed by atoms with Gasteiger partial charge in [0.1, 0.15) is 12.1 Å². The Bertz CT molecular complexity index is 1240. The van der Waals surface area contributed by atoms with E-state index in [1.807, 2.05) is 55.5 Å². The fraction of sp³-hybridized carbons (Fsp3) is 0.125. The van der Waals surface area contributed by atoms with Crippen molar-refractivity contribution in [2.24, 2.45) is 0 Å². The second kappa shape index (κ2) is 8.71. The zero-order valence-electron chi connectivity index (χ0n) is 17.5. The summed E-state index contributed by atoms with van der Waals surface area (Å²) >= 11 is 0. The Labute approximate surface area is 180 Å². The molecule has 0 spiro atoms. The van der Waals surface area contributed by atoms with Crippen molar-refractivity contribution >= 4 is 34.0 Å². The van der Waals surface area contributed by atoms with Gasteiger partial charge in [0.25, 0.3) is 5.91 Å². The molecule has 1 amide bonds. The lowest BCUT2D eigenvalue weighted by atomic mass is 10.1. The Kier molecular flexibility index (Phi) is 5.66. The molecule has 0 bridgehead atoms. The van der Waals surface area contributed by atoms with Crippen molar-refractivity contribution in [3.63, 3.8) is 0 Å². The van der Waals surface area contributed by atoms with Crippen LogP contribution in [-0.4, -0.2) is 30.1 Å². The minimum Gasteiger partial charge on any atom is -0.493 e. The molecule has 0 saturated heterocycles. The molecule has 0 radical (unpaired) electrons. The molecule has 7 nitrogen and oxygen atoms in total. The summed E-state index contributed by atoms with van der Waals surface area (Å²) in [6.07, 6.45) is 1.50. The molecule has 0 aliphatic rings. The Balaban J connectivity index is 1.59. The van der Waals surface area contributed by atoms with Gasteiger partial charge in [0, 0.05) is 28.4 Å². The van der Waals surface area contributed by atoms with Crippen LogP contribution in [0.5, 0.6) is 11.5 Å². The van der Waals surface area contributed by atoms with Crippen molar-refractivity contribution in [3.8, 4) is 11.5 Å². The zero-order valence-corrected chi connectivity index (χ0v) is 17.5. The number of ether oxygens (including phenoxy) is 2. The topological polar surface area (TPSA) is 85.4 Å². The van der Waals surface area contributed by atoms with Gasteiger partial charge in [-0.1, -0.05) is 18.2 Å². The van der Waals surface area contributed by atoms with Gasteiger partial charge >= 0.3 is 0 Å². The molecule has 0 atom stereocenters. The molecule has 1 heterocycles. The van der Waals surface area contributed by atoms with Crippen molar-refractivity contribution in [1.82, 2.24) is 9.97 Å². The Morgan fingerprint density at radius 1 is 0.903 bits per heavy atom. The summed E-state index contributed by atoms with van der Waals surface area (Å²) in [5.74, 6) is 1.70. The minimum absolute atomic E-state index is 0.146. The number of amides is 1. The van der Waals surface area contributed by atoms with E-state index in [4.69, 9.17) is 9.47 Å². The van der Waals surface area contributed by atoms with E-state index in [1.54, 1.807) is 26.4 Å². The van der Waals surface area contributed by atoms with E-state index in [0.717, 1.165) is 27.8 Å². The fourth-order valence-electron chi connectivity index (χ4n) is 3.29. The quantitative estimate of drug-likeness (QED) is 0.464. The van der Waals surface area contributed by atoms with Crippen LogP contribution in [0.1, 0.15) is 15.9 Å². The van der Waals surface area contributed by atoms with Crippen LogP contribution in [0.3, 0.4) is 0 Å². The van der Waals surface area contributed by atoms with Gasteiger partial charge < -0.3 is 20.1 Å². The number of anilines is 3. The fourth-order valence-corrected chi connectivity index (χ4v) is 3.29. The summed E-state index contributed by atoms with van der Waals surface area (Å²) in [5, 5.41) is 7.09. The first-order valence-electron chi connectivity index (χ1n) is 9.70. The molecule has 156 valence electrons. The second-order valence-electron chi connectivity index (χ2n) is 6.92. The summed E-state index contributed by atoms with van der Waals surface area (Å²) < 4.78 is 10.8. The van der Waals surface area contributed by atoms with Gasteiger partial charge in [-0.2, -0.15) is 0 Å². The summed E-state index contributed by atoms with van der Waals surface area (Å²) in [5.41, 5.74) is 3.86. The molecule has 4 rings (SSSR count). The van der Waals surface area contributed by atoms with Crippen LogP contribution in [0.4, 0.5) is 17.2 Å². The highest BCUT2D eigenvalue weighted by Crippen LogP contribution is 2.34. The third-order valence-electron chi connectivity index (χ3n) is 4.91. The van der Waals surface area contributed by atoms with Crippen LogP contribution in [0.15, 0.2) is 67.0 Å². The Morgan fingerprint density at radius 2 is 1.65 bits per heavy atom. The van der Waals surface area contributed by atoms with E-state index < -0.39 is 0 Å². The molecule has 0 aliphatic heterocycles. The third-order valence-corrected chi connectivity index (χ3v) is 4.91. The number of rotatable bonds is 6. The van der Waals surface area contributed by atoms with Gasteiger partial charge in [-0.25, -0.2) is 9.97 Å². The molecule has 0 fully saturated rings. The predicted molar refractivity (Wildman–Crippen MR) is 121 cm³/mol. The maximum atomic E-state index is 12.4. The van der Waals surface area contributed by atoms with Gasteiger partial charge in [0.2, 0.25) is 0 Å². The first-order chi connectivity index (χ1) is 15.1. The minimum atomic E-state index is -0.146. The Morgan fingerprint density at radius 3 is 2.35 bits per heavy atom. The van der Waals surface area contributed by atoms with Crippen molar-refractivity contribution in [2.45, 2.75) is 6.92 Å². The van der Waals surface area contributed by atoms with Crippen LogP contribution >= 0.6 is 0 Å². The number of fused-ring (bicyclic) bond motifs is 1. The number of nitrogens with one attached hydrogen (secondary N) is 2. The molecule has 0 saturated carbocycles. The molecular formula is C24H22N4O3. The van der Waals surface area contributed by atoms with E-state index >= 15 is 0 Å². The molecule has 0 unspecified atom stereocenters. The maximum Gasteiger partial charge on any atom is 0.255 e. The molecular weight excluding hydrogens is 392 g/mol. The van der Waals surface area contributed by atoms with Crippen LogP contribution < -0.4 is 20.1 Å². The van der Waals surface area contributed by atoms with Crippen molar-refractivity contribution in [2.75, 3.05) is 24.9 Å². The molecule has 31 heavy (non-hydrogen) atoms. The van der Waals surface area contributed by atoms with Crippen molar-refractivity contribution < 1.29 is 14.3 Å². The lowest BCUT2D eigenvalue weighted by molar-refractivity contribution is 0.102. The Hall–Kier alpha value is -4.13. The van der Waals surface area contributed by atoms with Crippen LogP contribution in [-0.2, 0) is 0 Å². The molecule has 2 N–H and O–H groups in total. The normalized spacial score (nSPS) is 10.5. The highest BCUT2D eigenvalue weighted by Gasteiger charge is 2.12. The molecule has 4 aromatic rings. The van der Waals surface area contributed by atoms with E-state index in [2.05, 4.69) is 20.6 Å². The van der Waals surface area contributed by atoms with E-state index in [0.29, 0.717) is 22.9 Å². The smallest absolute Gasteiger partial charge is 0.255 e. The number of carbonyl (C=O) groups is 1. The van der Waals surface area contributed by atoms with Gasteiger partial charge in [-0.3, -0.25) is 4.79 Å². The number of carbonyl (C=O) groups excluding carboxylic acids is 1. The summed E-state index contributed by atoms with van der Waals surface area (Å²) in [7, 11) is 3.18. The predicted octanol–water partition coefficient (Wildman–Crippen LogP) is 4.95. The van der Waals surface area contributed by atoms with Gasteiger partial charge in [0.05, 0.1) is 19.7 Å². The number of hydrogen-bond donors (Lipinski definition) is 2. The number of methoxy groups -OCH3 is 2. The van der Waals surface area contributed by atoms with Crippen LogP contribution in [0, 0.1) is 6.92 Å². The highest BCUT2D eigenvalue weighted by molar-refractivity contribution is 6.04. The average molecular weight is 414 g/mol. The van der Waals surface area contributed by atoms with Gasteiger partial charge in [0.15, 0.2) is 11.5 Å². The number of hydrogen-bond acceptors (Lipinski definition) is 6. The second-order valence-corrected chi connectivity index (χ2v) is 6.92. The monoisotopic (exact) mass is 414 g/mol. The summed E-state index contributed by atoms with van der Waals surface area (Å²) in [4.78, 5) is 21.1. The van der Waals surface area contributed by atoms with E-state index in [-0.39, 0.29) is 5.91 Å². The molecule has 1 aromatic heterocycles. The highest BCUT2D eigenvalue weighted by atomic mass is 16.5. The number of benzene rings is 3. The third kappa shape index (κ3) is 4.25. The molecule has 0 aliphatic carbocycles. The number of aromatic nitrogens is 2. The average Bonchev–Trinajstić information content (AvgIpc) is 2.80. The summed E-state index contributed by atoms with van der Waals surface area (Å²) in [6, 6.07) is 18.5. The molecule has 3 aromatic carbocycles. The zero-order chi connectivity index (χ0) is 21.8. The lowest BCUT2D eigenvalue weighted by Gasteiger charge is -2.14. The largest absolute Gasteiger partial charge is 0.493 e. The van der Waals surface area contributed by atoms with Crippen molar-refractivity contribution in [3.05, 3.63) is 78.1 Å². The molecule has 7 heteroatoms. The van der Waals surface area contributed by atoms with Gasteiger partial charge in [-0.15, -0.1) is 0 Å². The first-order valence-corrected chi connectivity index (χ1v) is 9.70. The van der Waals surface area contributed by atoms with Gasteiger partial charge in [-0.05, 0) is 48.9 Å². The maximum absolute atomic E-state index is 12.4.